The van der Waals surface area contributed by atoms with E-state index >= 15 is 0 Å². The number of anilines is 2. The minimum Gasteiger partial charge on any atom is -0.495 e. The van der Waals surface area contributed by atoms with Gasteiger partial charge in [-0.15, -0.1) is 0 Å². The second kappa shape index (κ2) is 5.75. The molecular weight excluding hydrogens is 308 g/mol. The molecule has 3 N–H and O–H groups in total. The lowest BCUT2D eigenvalue weighted by atomic mass is 10.1. The molecule has 98 valence electrons. The molecule has 0 saturated heterocycles. The van der Waals surface area contributed by atoms with E-state index in [-0.39, 0.29) is 5.91 Å². The zero-order valence-corrected chi connectivity index (χ0v) is 11.9. The quantitative estimate of drug-likeness (QED) is 0.853. The van der Waals surface area contributed by atoms with Crippen LogP contribution in [0.25, 0.3) is 0 Å². The van der Waals surface area contributed by atoms with Crippen molar-refractivity contribution >= 4 is 33.2 Å². The number of amides is 1. The summed E-state index contributed by atoms with van der Waals surface area (Å²) in [6.07, 6.45) is 0. The summed E-state index contributed by atoms with van der Waals surface area (Å²) in [5.41, 5.74) is 7.41. The van der Waals surface area contributed by atoms with E-state index in [1.54, 1.807) is 18.2 Å². The number of halogens is 1. The van der Waals surface area contributed by atoms with E-state index < -0.39 is 0 Å². The van der Waals surface area contributed by atoms with Gasteiger partial charge < -0.3 is 15.8 Å². The highest BCUT2D eigenvalue weighted by atomic mass is 79.9. The first-order valence-corrected chi connectivity index (χ1v) is 6.40. The monoisotopic (exact) mass is 320 g/mol. The maximum Gasteiger partial charge on any atom is 0.255 e. The van der Waals surface area contributed by atoms with Crippen molar-refractivity contribution in [3.8, 4) is 5.75 Å². The number of nitrogens with one attached hydrogen (secondary N) is 1. The van der Waals surface area contributed by atoms with Crippen LogP contribution in [-0.2, 0) is 0 Å². The molecule has 19 heavy (non-hydrogen) atoms. The third kappa shape index (κ3) is 3.06. The van der Waals surface area contributed by atoms with Gasteiger partial charge in [0.2, 0.25) is 0 Å². The van der Waals surface area contributed by atoms with Gasteiger partial charge in [0.1, 0.15) is 5.75 Å². The molecule has 4 nitrogen and oxygen atoms in total. The van der Waals surface area contributed by atoms with Crippen LogP contribution in [0.1, 0.15) is 10.4 Å². The van der Waals surface area contributed by atoms with Crippen molar-refractivity contribution in [3.05, 3.63) is 52.5 Å². The lowest BCUT2D eigenvalue weighted by molar-refractivity contribution is 0.102. The Morgan fingerprint density at radius 2 is 2.00 bits per heavy atom. The second-order valence-corrected chi connectivity index (χ2v) is 4.75. The summed E-state index contributed by atoms with van der Waals surface area (Å²) in [6.45, 7) is 0. The number of benzene rings is 2. The van der Waals surface area contributed by atoms with E-state index in [2.05, 4.69) is 21.2 Å². The Morgan fingerprint density at radius 1 is 1.26 bits per heavy atom. The number of hydrogen-bond acceptors (Lipinski definition) is 3. The van der Waals surface area contributed by atoms with Crippen LogP contribution in [0.2, 0.25) is 0 Å². The number of nitrogens with two attached hydrogens (primary N) is 1. The molecule has 0 unspecified atom stereocenters. The van der Waals surface area contributed by atoms with Gasteiger partial charge in [0.25, 0.3) is 5.91 Å². The zero-order chi connectivity index (χ0) is 13.8. The van der Waals surface area contributed by atoms with Gasteiger partial charge in [0.15, 0.2) is 0 Å². The Labute approximate surface area is 119 Å². The molecule has 0 atom stereocenters. The van der Waals surface area contributed by atoms with Crippen LogP contribution < -0.4 is 15.8 Å². The third-order valence-corrected chi connectivity index (χ3v) is 3.31. The predicted molar refractivity (Wildman–Crippen MR) is 79.5 cm³/mol. The first kappa shape index (κ1) is 13.4. The summed E-state index contributed by atoms with van der Waals surface area (Å²) in [7, 11) is 1.52. The number of para-hydroxylation sites is 1. The Hall–Kier alpha value is -2.01. The summed E-state index contributed by atoms with van der Waals surface area (Å²) < 4.78 is 5.92. The van der Waals surface area contributed by atoms with Gasteiger partial charge in [-0.05, 0) is 46.3 Å². The summed E-state index contributed by atoms with van der Waals surface area (Å²) in [4.78, 5) is 12.1. The van der Waals surface area contributed by atoms with Gasteiger partial charge in [0, 0.05) is 10.0 Å². The van der Waals surface area contributed by atoms with Crippen molar-refractivity contribution < 1.29 is 9.53 Å². The van der Waals surface area contributed by atoms with Crippen molar-refractivity contribution in [2.75, 3.05) is 18.2 Å². The topological polar surface area (TPSA) is 64.3 Å². The highest BCUT2D eigenvalue weighted by molar-refractivity contribution is 9.10. The fourth-order valence-corrected chi connectivity index (χ4v) is 1.99. The predicted octanol–water partition coefficient (Wildman–Crippen LogP) is 3.29. The molecule has 2 aromatic carbocycles. The van der Waals surface area contributed by atoms with Crippen LogP contribution in [0.3, 0.4) is 0 Å². The Kier molecular flexibility index (Phi) is 4.06. The molecule has 0 spiro atoms. The molecule has 0 aliphatic heterocycles. The molecule has 2 aromatic rings. The van der Waals surface area contributed by atoms with E-state index in [1.807, 2.05) is 24.3 Å². The molecule has 2 rings (SSSR count). The fraction of sp³-hybridized carbons (Fsp3) is 0.0714. The largest absolute Gasteiger partial charge is 0.495 e. The summed E-state index contributed by atoms with van der Waals surface area (Å²) >= 11 is 3.38. The molecule has 5 heteroatoms. The summed E-state index contributed by atoms with van der Waals surface area (Å²) in [5, 5.41) is 2.82. The SMILES string of the molecule is COc1cc(C(=O)Nc2ccccc2Br)ccc1N. The molecule has 0 heterocycles. The van der Waals surface area contributed by atoms with Gasteiger partial charge in [-0.3, -0.25) is 4.79 Å². The minimum atomic E-state index is -0.217. The van der Waals surface area contributed by atoms with Crippen LogP contribution in [0.4, 0.5) is 11.4 Å². The molecule has 0 radical (unpaired) electrons. The maximum atomic E-state index is 12.1. The third-order valence-electron chi connectivity index (χ3n) is 2.62. The first-order valence-electron chi connectivity index (χ1n) is 5.61. The van der Waals surface area contributed by atoms with Gasteiger partial charge in [-0.25, -0.2) is 0 Å². The van der Waals surface area contributed by atoms with Crippen molar-refractivity contribution in [1.82, 2.24) is 0 Å². The van der Waals surface area contributed by atoms with Crippen LogP contribution >= 0.6 is 15.9 Å². The lowest BCUT2D eigenvalue weighted by Gasteiger charge is -2.09. The first-order chi connectivity index (χ1) is 9.11. The Bertz CT molecular complexity index is 614. The molecule has 0 saturated carbocycles. The normalized spacial score (nSPS) is 10.0. The molecule has 1 amide bonds. The summed E-state index contributed by atoms with van der Waals surface area (Å²) in [6, 6.07) is 12.3. The van der Waals surface area contributed by atoms with E-state index in [0.717, 1.165) is 4.47 Å². The molecular formula is C14H13BrN2O2. The van der Waals surface area contributed by atoms with Crippen LogP contribution in [0, 0.1) is 0 Å². The van der Waals surface area contributed by atoms with Gasteiger partial charge in [-0.2, -0.15) is 0 Å². The standard InChI is InChI=1S/C14H13BrN2O2/c1-19-13-8-9(6-7-11(13)16)14(18)17-12-5-3-2-4-10(12)15/h2-8H,16H2,1H3,(H,17,18). The van der Waals surface area contributed by atoms with Crippen molar-refractivity contribution in [1.29, 1.82) is 0 Å². The van der Waals surface area contributed by atoms with E-state index in [0.29, 0.717) is 22.7 Å². The number of rotatable bonds is 3. The molecule has 0 fully saturated rings. The van der Waals surface area contributed by atoms with Crippen molar-refractivity contribution in [2.45, 2.75) is 0 Å². The Morgan fingerprint density at radius 3 is 2.68 bits per heavy atom. The average molecular weight is 321 g/mol. The molecule has 0 aromatic heterocycles. The van der Waals surface area contributed by atoms with Gasteiger partial charge in [0.05, 0.1) is 18.5 Å². The smallest absolute Gasteiger partial charge is 0.255 e. The number of hydrogen-bond donors (Lipinski definition) is 2. The number of carbonyl (C=O) groups excluding carboxylic acids is 1. The number of ether oxygens (including phenoxy) is 1. The van der Waals surface area contributed by atoms with Crippen LogP contribution in [0.15, 0.2) is 46.9 Å². The fourth-order valence-electron chi connectivity index (χ4n) is 1.61. The van der Waals surface area contributed by atoms with E-state index in [1.165, 1.54) is 7.11 Å². The number of nitrogen functional groups attached to an aromatic ring is 1. The van der Waals surface area contributed by atoms with Crippen LogP contribution in [0.5, 0.6) is 5.75 Å². The average Bonchev–Trinajstić information content (AvgIpc) is 2.42. The van der Waals surface area contributed by atoms with Crippen LogP contribution in [-0.4, -0.2) is 13.0 Å². The number of carbonyl (C=O) groups is 1. The van der Waals surface area contributed by atoms with E-state index in [9.17, 15) is 4.79 Å². The lowest BCUT2D eigenvalue weighted by Crippen LogP contribution is -2.12. The van der Waals surface area contributed by atoms with Gasteiger partial charge in [-0.1, -0.05) is 12.1 Å². The Balaban J connectivity index is 2.23. The molecule has 0 aliphatic rings. The van der Waals surface area contributed by atoms with Crippen molar-refractivity contribution in [2.24, 2.45) is 0 Å². The molecule has 0 aliphatic carbocycles. The maximum absolute atomic E-state index is 12.1. The summed E-state index contributed by atoms with van der Waals surface area (Å²) in [5.74, 6) is 0.268. The number of methoxy groups -OCH3 is 1. The molecule has 0 bridgehead atoms. The van der Waals surface area contributed by atoms with Crippen molar-refractivity contribution in [3.63, 3.8) is 0 Å². The zero-order valence-electron chi connectivity index (χ0n) is 10.3. The van der Waals surface area contributed by atoms with Gasteiger partial charge >= 0.3 is 0 Å². The minimum absolute atomic E-state index is 0.217. The highest BCUT2D eigenvalue weighted by Gasteiger charge is 2.10. The van der Waals surface area contributed by atoms with E-state index in [4.69, 9.17) is 10.5 Å². The highest BCUT2D eigenvalue weighted by Crippen LogP contribution is 2.25. The second-order valence-electron chi connectivity index (χ2n) is 3.89.